The average Bonchev–Trinajstić information content (AvgIpc) is 2.46. The third-order valence-corrected chi connectivity index (χ3v) is 5.70. The number of nitrogens with zero attached hydrogens (tertiary/aromatic N) is 1. The van der Waals surface area contributed by atoms with E-state index >= 15 is 0 Å². The van der Waals surface area contributed by atoms with Crippen molar-refractivity contribution in [2.75, 3.05) is 22.9 Å². The molecule has 0 saturated heterocycles. The van der Waals surface area contributed by atoms with Crippen LogP contribution < -0.4 is 10.6 Å². The summed E-state index contributed by atoms with van der Waals surface area (Å²) in [7, 11) is 0. The van der Waals surface area contributed by atoms with Crippen molar-refractivity contribution in [2.45, 2.75) is 50.0 Å². The number of nitrogen functional groups attached to an aromatic ring is 1. The molecule has 19 heavy (non-hydrogen) atoms. The second-order valence-electron chi connectivity index (χ2n) is 5.86. The highest BCUT2D eigenvalue weighted by atomic mass is 32.2. The van der Waals surface area contributed by atoms with Crippen LogP contribution in [0.4, 0.5) is 11.4 Å². The van der Waals surface area contributed by atoms with Crippen LogP contribution in [0.2, 0.25) is 0 Å². The zero-order valence-corrected chi connectivity index (χ0v) is 12.6. The number of thioether (sulfide) groups is 1. The molecule has 2 unspecified atom stereocenters. The number of fused-ring (bicyclic) bond motifs is 1. The quantitative estimate of drug-likeness (QED) is 0.823. The lowest BCUT2D eigenvalue weighted by molar-refractivity contribution is 0.304. The van der Waals surface area contributed by atoms with Crippen LogP contribution in [0.3, 0.4) is 0 Å². The molecule has 1 heterocycles. The van der Waals surface area contributed by atoms with Crippen molar-refractivity contribution in [2.24, 2.45) is 5.92 Å². The van der Waals surface area contributed by atoms with E-state index in [4.69, 9.17) is 5.73 Å². The number of anilines is 2. The van der Waals surface area contributed by atoms with Gasteiger partial charge in [-0.2, -0.15) is 0 Å². The molecule has 104 valence electrons. The first-order valence-electron chi connectivity index (χ1n) is 7.57. The smallest absolute Gasteiger partial charge is 0.0527 e. The molecule has 1 aromatic carbocycles. The Labute approximate surface area is 120 Å². The van der Waals surface area contributed by atoms with E-state index in [0.717, 1.165) is 17.6 Å². The normalized spacial score (nSPS) is 27.1. The number of benzene rings is 1. The molecule has 1 aliphatic carbocycles. The number of rotatable bonds is 2. The van der Waals surface area contributed by atoms with Crippen LogP contribution >= 0.6 is 11.8 Å². The van der Waals surface area contributed by atoms with Gasteiger partial charge in [0, 0.05) is 28.9 Å². The molecule has 1 fully saturated rings. The molecular weight excluding hydrogens is 252 g/mol. The summed E-state index contributed by atoms with van der Waals surface area (Å²) in [6.45, 7) is 3.52. The Morgan fingerprint density at radius 2 is 2.26 bits per heavy atom. The molecule has 0 amide bonds. The van der Waals surface area contributed by atoms with Gasteiger partial charge in [0.25, 0.3) is 0 Å². The van der Waals surface area contributed by atoms with E-state index in [1.54, 1.807) is 0 Å². The van der Waals surface area contributed by atoms with Gasteiger partial charge in [-0.15, -0.1) is 11.8 Å². The Bertz CT molecular complexity index is 446. The predicted molar refractivity (Wildman–Crippen MR) is 85.0 cm³/mol. The van der Waals surface area contributed by atoms with Crippen LogP contribution in [0.5, 0.6) is 0 Å². The van der Waals surface area contributed by atoms with E-state index in [9.17, 15) is 0 Å². The molecule has 2 N–H and O–H groups in total. The lowest BCUT2D eigenvalue weighted by Gasteiger charge is -2.41. The Kier molecular flexibility index (Phi) is 3.92. The summed E-state index contributed by atoms with van der Waals surface area (Å²) in [5.74, 6) is 2.14. The molecule has 0 aromatic heterocycles. The molecule has 1 aromatic rings. The van der Waals surface area contributed by atoms with Gasteiger partial charge >= 0.3 is 0 Å². The lowest BCUT2D eigenvalue weighted by atomic mass is 9.83. The molecular formula is C16H24N2S. The standard InChI is InChI=1S/C16H24N2S/c1-2-12-4-3-5-14(10-12)18-8-9-19-16-7-6-13(17)11-15(16)18/h6-7,11-12,14H,2-5,8-10,17H2,1H3. The second-order valence-corrected chi connectivity index (χ2v) is 7.00. The maximum absolute atomic E-state index is 5.99. The summed E-state index contributed by atoms with van der Waals surface area (Å²) in [4.78, 5) is 4.06. The van der Waals surface area contributed by atoms with Crippen LogP contribution in [-0.2, 0) is 0 Å². The number of hydrogen-bond donors (Lipinski definition) is 1. The first kappa shape index (κ1) is 13.2. The fourth-order valence-electron chi connectivity index (χ4n) is 3.55. The molecule has 1 saturated carbocycles. The highest BCUT2D eigenvalue weighted by Crippen LogP contribution is 2.40. The maximum Gasteiger partial charge on any atom is 0.0527 e. The number of nitrogens with two attached hydrogens (primary N) is 1. The summed E-state index contributed by atoms with van der Waals surface area (Å²) in [5, 5.41) is 0. The van der Waals surface area contributed by atoms with Gasteiger partial charge in [0.05, 0.1) is 5.69 Å². The summed E-state index contributed by atoms with van der Waals surface area (Å²) in [5.41, 5.74) is 8.28. The highest BCUT2D eigenvalue weighted by molar-refractivity contribution is 7.99. The Morgan fingerprint density at radius 1 is 1.37 bits per heavy atom. The minimum Gasteiger partial charge on any atom is -0.399 e. The van der Waals surface area contributed by atoms with Crippen LogP contribution in [0.15, 0.2) is 23.1 Å². The summed E-state index contributed by atoms with van der Waals surface area (Å²) < 4.78 is 0. The SMILES string of the molecule is CCC1CCCC(N2CCSc3ccc(N)cc32)C1. The summed E-state index contributed by atoms with van der Waals surface area (Å²) in [6, 6.07) is 7.14. The molecule has 0 radical (unpaired) electrons. The monoisotopic (exact) mass is 276 g/mol. The summed E-state index contributed by atoms with van der Waals surface area (Å²) in [6.07, 6.45) is 6.89. The van der Waals surface area contributed by atoms with Gasteiger partial charge in [0.2, 0.25) is 0 Å². The first-order chi connectivity index (χ1) is 9.28. The van der Waals surface area contributed by atoms with E-state index < -0.39 is 0 Å². The molecule has 2 aliphatic rings. The highest BCUT2D eigenvalue weighted by Gasteiger charge is 2.29. The van der Waals surface area contributed by atoms with Crippen LogP contribution in [0.1, 0.15) is 39.0 Å². The third-order valence-electron chi connectivity index (χ3n) is 4.66. The molecule has 0 bridgehead atoms. The number of hydrogen-bond acceptors (Lipinski definition) is 3. The van der Waals surface area contributed by atoms with E-state index in [0.29, 0.717) is 0 Å². The Morgan fingerprint density at radius 3 is 3.11 bits per heavy atom. The Hall–Kier alpha value is -0.830. The average molecular weight is 276 g/mol. The van der Waals surface area contributed by atoms with E-state index in [1.807, 2.05) is 17.8 Å². The van der Waals surface area contributed by atoms with Gasteiger partial charge in [-0.3, -0.25) is 0 Å². The van der Waals surface area contributed by atoms with Crippen molar-refractivity contribution >= 4 is 23.1 Å². The largest absolute Gasteiger partial charge is 0.399 e. The zero-order valence-electron chi connectivity index (χ0n) is 11.8. The second kappa shape index (κ2) is 5.66. The minimum absolute atomic E-state index is 0.736. The summed E-state index contributed by atoms with van der Waals surface area (Å²) >= 11 is 1.97. The van der Waals surface area contributed by atoms with Gasteiger partial charge in [-0.1, -0.05) is 26.2 Å². The maximum atomic E-state index is 5.99. The third kappa shape index (κ3) is 2.71. The van der Waals surface area contributed by atoms with Gasteiger partial charge in [-0.05, 0) is 37.0 Å². The molecule has 3 heteroatoms. The van der Waals surface area contributed by atoms with Crippen LogP contribution in [0.25, 0.3) is 0 Å². The van der Waals surface area contributed by atoms with E-state index in [1.165, 1.54) is 55.0 Å². The van der Waals surface area contributed by atoms with Crippen molar-refractivity contribution in [1.82, 2.24) is 0 Å². The molecule has 3 rings (SSSR count). The van der Waals surface area contributed by atoms with E-state index in [2.05, 4.69) is 24.0 Å². The van der Waals surface area contributed by atoms with Crippen molar-refractivity contribution in [3.63, 3.8) is 0 Å². The minimum atomic E-state index is 0.736. The van der Waals surface area contributed by atoms with Crippen LogP contribution in [0, 0.1) is 5.92 Å². The van der Waals surface area contributed by atoms with Gasteiger partial charge in [0.15, 0.2) is 0 Å². The fourth-order valence-corrected chi connectivity index (χ4v) is 4.55. The fraction of sp³-hybridized carbons (Fsp3) is 0.625. The predicted octanol–water partition coefficient (Wildman–Crippen LogP) is 4.15. The molecule has 0 spiro atoms. The van der Waals surface area contributed by atoms with Gasteiger partial charge in [0.1, 0.15) is 0 Å². The van der Waals surface area contributed by atoms with Crippen molar-refractivity contribution < 1.29 is 0 Å². The molecule has 1 aliphatic heterocycles. The van der Waals surface area contributed by atoms with Crippen LogP contribution in [-0.4, -0.2) is 18.3 Å². The lowest BCUT2D eigenvalue weighted by Crippen LogP contribution is -2.42. The van der Waals surface area contributed by atoms with Crippen molar-refractivity contribution in [3.8, 4) is 0 Å². The van der Waals surface area contributed by atoms with E-state index in [-0.39, 0.29) is 0 Å². The Balaban J connectivity index is 1.84. The van der Waals surface area contributed by atoms with Crippen molar-refractivity contribution in [1.29, 1.82) is 0 Å². The van der Waals surface area contributed by atoms with Gasteiger partial charge in [-0.25, -0.2) is 0 Å². The topological polar surface area (TPSA) is 29.3 Å². The first-order valence-corrected chi connectivity index (χ1v) is 8.55. The molecule has 2 atom stereocenters. The van der Waals surface area contributed by atoms with Crippen molar-refractivity contribution in [3.05, 3.63) is 18.2 Å². The molecule has 2 nitrogen and oxygen atoms in total. The van der Waals surface area contributed by atoms with Gasteiger partial charge < -0.3 is 10.6 Å². The zero-order chi connectivity index (χ0) is 13.2.